The van der Waals surface area contributed by atoms with Crippen LogP contribution in [0.5, 0.6) is 11.9 Å². The molecule has 4 aromatic rings. The molecule has 248 valence electrons. The Hall–Kier alpha value is -4.18. The van der Waals surface area contributed by atoms with Gasteiger partial charge in [0.25, 0.3) is 0 Å². The fourth-order valence-electron chi connectivity index (χ4n) is 6.97. The minimum absolute atomic E-state index is 0.0325. The average Bonchev–Trinajstić information content (AvgIpc) is 3.79. The molecule has 3 aliphatic heterocycles. The van der Waals surface area contributed by atoms with Gasteiger partial charge in [0.05, 0.1) is 33.2 Å². The van der Waals surface area contributed by atoms with Gasteiger partial charge in [-0.25, -0.2) is 18.2 Å². The monoisotopic (exact) mass is 678 g/mol. The number of hydrogen-bond acceptors (Lipinski definition) is 9. The van der Waals surface area contributed by atoms with Crippen molar-refractivity contribution in [3.8, 4) is 23.0 Å². The van der Waals surface area contributed by atoms with E-state index in [1.165, 1.54) is 4.90 Å². The molecule has 0 bridgehead atoms. The van der Waals surface area contributed by atoms with Gasteiger partial charge in [-0.1, -0.05) is 17.9 Å². The van der Waals surface area contributed by atoms with Crippen molar-refractivity contribution in [3.05, 3.63) is 48.1 Å². The van der Waals surface area contributed by atoms with Crippen LogP contribution >= 0.6 is 11.3 Å². The quantitative estimate of drug-likeness (QED) is 0.190. The maximum absolute atomic E-state index is 16.7. The molecule has 5 heterocycles. The maximum atomic E-state index is 16.7. The topological polar surface area (TPSA) is 107 Å². The van der Waals surface area contributed by atoms with Gasteiger partial charge >= 0.3 is 12.2 Å². The normalized spacial score (nSPS) is 23.1. The van der Waals surface area contributed by atoms with E-state index in [2.05, 4.69) is 21.5 Å². The van der Waals surface area contributed by atoms with Gasteiger partial charge in [0.2, 0.25) is 11.8 Å². The van der Waals surface area contributed by atoms with Crippen LogP contribution in [-0.2, 0) is 11.0 Å². The van der Waals surface area contributed by atoms with E-state index in [-0.39, 0.29) is 70.2 Å². The zero-order chi connectivity index (χ0) is 33.2. The van der Waals surface area contributed by atoms with Crippen molar-refractivity contribution < 1.29 is 40.6 Å². The lowest BCUT2D eigenvalue weighted by atomic mass is 9.95. The fraction of sp³-hybridized carbons (Fsp3) is 0.419. The molecule has 16 heteroatoms. The molecular formula is C31H28F6N6O3S. The molecule has 2 aromatic heterocycles. The number of fused-ring (bicyclic) bond motifs is 3. The number of halogens is 6. The van der Waals surface area contributed by atoms with Crippen LogP contribution in [0.2, 0.25) is 0 Å². The van der Waals surface area contributed by atoms with Gasteiger partial charge in [-0.15, -0.1) is 0 Å². The summed E-state index contributed by atoms with van der Waals surface area (Å²) in [7, 11) is 0. The molecule has 0 aliphatic carbocycles. The standard InChI is InChI=1S/C31H28F6N6O3S/c1-2-21(44)42-9-6-16(13-42)46-27-18-10-19(31(35,36)37)22(17-4-5-20(33)26-25(17)39-28(38)47-26)23(34)24(18)40-29(41-27)45-14-30-7-3-8-43(30)12-15(32)11-30/h2,4-5,10,15-16H,1,3,6-9,11-14H2,(H2,38,39)/t15-,16+,30+/m1/s1. The van der Waals surface area contributed by atoms with Gasteiger partial charge in [0, 0.05) is 37.1 Å². The second-order valence-corrected chi connectivity index (χ2v) is 13.1. The Morgan fingerprint density at radius 2 is 1.98 bits per heavy atom. The highest BCUT2D eigenvalue weighted by atomic mass is 32.1. The number of carbonyl (C=O) groups is 1. The van der Waals surface area contributed by atoms with Crippen LogP contribution in [0, 0.1) is 11.6 Å². The van der Waals surface area contributed by atoms with E-state index in [4.69, 9.17) is 15.2 Å². The zero-order valence-electron chi connectivity index (χ0n) is 24.7. The molecule has 3 atom stereocenters. The van der Waals surface area contributed by atoms with E-state index >= 15 is 4.39 Å². The molecular weight excluding hydrogens is 650 g/mol. The number of thiazole rings is 1. The SMILES string of the molecule is C=CC(=O)N1CC[C@H](Oc2nc(OC[C@@]34CCCN3C[C@H](F)C4)nc3c(F)c(-c4ccc(F)c5sc(N)nc45)c(C(F)(F)F)cc23)C1. The fourth-order valence-corrected chi connectivity index (χ4v) is 7.74. The Bertz CT molecular complexity index is 1920. The lowest BCUT2D eigenvalue weighted by molar-refractivity contribution is -0.137. The minimum atomic E-state index is -5.09. The summed E-state index contributed by atoms with van der Waals surface area (Å²) in [4.78, 5) is 28.1. The van der Waals surface area contributed by atoms with Gasteiger partial charge in [-0.2, -0.15) is 23.1 Å². The highest BCUT2D eigenvalue weighted by Gasteiger charge is 2.49. The van der Waals surface area contributed by atoms with Crippen molar-refractivity contribution >= 4 is 43.5 Å². The van der Waals surface area contributed by atoms with Crippen molar-refractivity contribution in [2.75, 3.05) is 38.5 Å². The molecule has 3 saturated heterocycles. The summed E-state index contributed by atoms with van der Waals surface area (Å²) in [5.41, 5.74) is 1.73. The highest BCUT2D eigenvalue weighted by Crippen LogP contribution is 2.46. The number of aromatic nitrogens is 3. The second kappa shape index (κ2) is 11.5. The number of ether oxygens (including phenoxy) is 2. The molecule has 47 heavy (non-hydrogen) atoms. The number of anilines is 1. The van der Waals surface area contributed by atoms with Crippen LogP contribution in [-0.4, -0.2) is 81.3 Å². The molecule has 0 radical (unpaired) electrons. The number of carbonyl (C=O) groups excluding carboxylic acids is 1. The minimum Gasteiger partial charge on any atom is -0.472 e. The summed E-state index contributed by atoms with van der Waals surface area (Å²) in [5, 5.41) is -0.501. The van der Waals surface area contributed by atoms with Crippen LogP contribution in [0.1, 0.15) is 31.2 Å². The third-order valence-electron chi connectivity index (χ3n) is 9.10. The van der Waals surface area contributed by atoms with Gasteiger partial charge in [0.15, 0.2) is 10.9 Å². The number of rotatable bonds is 7. The van der Waals surface area contributed by atoms with Crippen molar-refractivity contribution in [1.82, 2.24) is 24.8 Å². The summed E-state index contributed by atoms with van der Waals surface area (Å²) in [6, 6.07) is 2.24. The number of nitrogens with zero attached hydrogens (tertiary/aromatic N) is 5. The number of likely N-dealkylation sites (tertiary alicyclic amines) is 1. The van der Waals surface area contributed by atoms with Crippen molar-refractivity contribution in [3.63, 3.8) is 0 Å². The lowest BCUT2D eigenvalue weighted by Crippen LogP contribution is -2.43. The molecule has 3 aliphatic rings. The van der Waals surface area contributed by atoms with Crippen molar-refractivity contribution in [1.29, 1.82) is 0 Å². The first-order valence-electron chi connectivity index (χ1n) is 14.9. The average molecular weight is 679 g/mol. The van der Waals surface area contributed by atoms with E-state index in [0.29, 0.717) is 32.0 Å². The van der Waals surface area contributed by atoms with Gasteiger partial charge in [-0.05, 0) is 43.7 Å². The Morgan fingerprint density at radius 3 is 2.74 bits per heavy atom. The molecule has 0 unspecified atom stereocenters. The van der Waals surface area contributed by atoms with Crippen LogP contribution in [0.4, 0.5) is 31.5 Å². The van der Waals surface area contributed by atoms with E-state index < -0.39 is 52.3 Å². The Morgan fingerprint density at radius 1 is 1.17 bits per heavy atom. The number of amides is 1. The van der Waals surface area contributed by atoms with Crippen LogP contribution in [0.3, 0.4) is 0 Å². The van der Waals surface area contributed by atoms with E-state index in [1.54, 1.807) is 0 Å². The first kappa shape index (κ1) is 31.4. The largest absolute Gasteiger partial charge is 0.472 e. The number of nitrogens with two attached hydrogens (primary N) is 1. The molecule has 3 fully saturated rings. The van der Waals surface area contributed by atoms with Gasteiger partial charge < -0.3 is 20.1 Å². The van der Waals surface area contributed by atoms with Crippen molar-refractivity contribution in [2.24, 2.45) is 0 Å². The molecule has 1 amide bonds. The lowest BCUT2D eigenvalue weighted by Gasteiger charge is -2.30. The first-order chi connectivity index (χ1) is 22.4. The molecule has 0 spiro atoms. The van der Waals surface area contributed by atoms with E-state index in [0.717, 1.165) is 36.0 Å². The predicted molar refractivity (Wildman–Crippen MR) is 162 cm³/mol. The number of nitrogen functional groups attached to an aromatic ring is 1. The third-order valence-corrected chi connectivity index (χ3v) is 10.00. The Labute approximate surface area is 268 Å². The summed E-state index contributed by atoms with van der Waals surface area (Å²) in [5.74, 6) is -2.88. The maximum Gasteiger partial charge on any atom is 0.417 e. The van der Waals surface area contributed by atoms with Gasteiger partial charge in [0.1, 0.15) is 30.2 Å². The number of hydrogen-bond donors (Lipinski definition) is 1. The van der Waals surface area contributed by atoms with Gasteiger partial charge in [-0.3, -0.25) is 9.69 Å². The summed E-state index contributed by atoms with van der Waals surface area (Å²) < 4.78 is 102. The molecule has 9 nitrogen and oxygen atoms in total. The van der Waals surface area contributed by atoms with Crippen LogP contribution < -0.4 is 15.2 Å². The summed E-state index contributed by atoms with van der Waals surface area (Å²) >= 11 is 0.720. The molecule has 0 saturated carbocycles. The Kier molecular flexibility index (Phi) is 7.69. The zero-order valence-corrected chi connectivity index (χ0v) is 25.6. The van der Waals surface area contributed by atoms with E-state index in [9.17, 15) is 26.7 Å². The van der Waals surface area contributed by atoms with Crippen LogP contribution in [0.15, 0.2) is 30.9 Å². The summed E-state index contributed by atoms with van der Waals surface area (Å²) in [6.07, 6.45) is -3.65. The first-order valence-corrected chi connectivity index (χ1v) is 15.7. The second-order valence-electron chi connectivity index (χ2n) is 12.0. The third kappa shape index (κ3) is 5.50. The van der Waals surface area contributed by atoms with E-state index in [1.807, 2.05) is 4.90 Å². The molecule has 2 aromatic carbocycles. The number of benzene rings is 2. The number of alkyl halides is 4. The highest BCUT2D eigenvalue weighted by molar-refractivity contribution is 7.22. The molecule has 7 rings (SSSR count). The summed E-state index contributed by atoms with van der Waals surface area (Å²) in [6.45, 7) is 4.77. The van der Waals surface area contributed by atoms with Crippen LogP contribution in [0.25, 0.3) is 32.2 Å². The Balaban J connectivity index is 1.38. The van der Waals surface area contributed by atoms with Crippen molar-refractivity contribution in [2.45, 2.75) is 49.7 Å². The molecule has 2 N–H and O–H groups in total. The smallest absolute Gasteiger partial charge is 0.417 e. The predicted octanol–water partition coefficient (Wildman–Crippen LogP) is 5.91.